The number of aromatic amines is 1. The highest BCUT2D eigenvalue weighted by atomic mass is 19.4. The monoisotopic (exact) mass is 444 g/mol. The highest BCUT2D eigenvalue weighted by Gasteiger charge is 2.42. The summed E-state index contributed by atoms with van der Waals surface area (Å²) in [4.78, 5) is 22.4. The molecule has 0 bridgehead atoms. The van der Waals surface area contributed by atoms with Gasteiger partial charge < -0.3 is 9.88 Å². The summed E-state index contributed by atoms with van der Waals surface area (Å²) >= 11 is 0. The fourth-order valence-corrected chi connectivity index (χ4v) is 4.65. The van der Waals surface area contributed by atoms with Crippen molar-refractivity contribution in [1.29, 1.82) is 0 Å². The normalized spacial score (nSPS) is 20.2. The number of amides is 1. The number of pyridine rings is 1. The van der Waals surface area contributed by atoms with Gasteiger partial charge in [0.05, 0.1) is 11.0 Å². The van der Waals surface area contributed by atoms with Gasteiger partial charge in [-0.2, -0.15) is 13.2 Å². The van der Waals surface area contributed by atoms with Crippen LogP contribution in [0.3, 0.4) is 0 Å². The fraction of sp³-hybridized carbons (Fsp3) is 0.417. The largest absolute Gasteiger partial charge is 0.407 e. The van der Waals surface area contributed by atoms with Crippen LogP contribution in [0.1, 0.15) is 54.7 Å². The number of nitrogens with one attached hydrogen (secondary N) is 2. The number of aromatic nitrogens is 2. The molecule has 1 saturated carbocycles. The predicted molar refractivity (Wildman–Crippen MR) is 117 cm³/mol. The molecule has 2 heterocycles. The molecule has 8 heteroatoms. The summed E-state index contributed by atoms with van der Waals surface area (Å²) in [6.07, 6.45) is -0.0530. The van der Waals surface area contributed by atoms with E-state index in [0.717, 1.165) is 18.4 Å². The van der Waals surface area contributed by atoms with Crippen molar-refractivity contribution in [1.82, 2.24) is 20.2 Å². The average molecular weight is 445 g/mol. The third kappa shape index (κ3) is 4.80. The first-order chi connectivity index (χ1) is 15.4. The van der Waals surface area contributed by atoms with Crippen molar-refractivity contribution in [3.8, 4) is 0 Å². The third-order valence-electron chi connectivity index (χ3n) is 6.17. The Labute approximate surface area is 185 Å². The van der Waals surface area contributed by atoms with Crippen LogP contribution < -0.4 is 5.32 Å². The molecule has 1 amide bonds. The zero-order valence-corrected chi connectivity index (χ0v) is 17.9. The third-order valence-corrected chi connectivity index (χ3v) is 6.17. The number of rotatable bonds is 6. The van der Waals surface area contributed by atoms with Gasteiger partial charge >= 0.3 is 6.18 Å². The summed E-state index contributed by atoms with van der Waals surface area (Å²) in [5, 5.41) is 2.84. The van der Waals surface area contributed by atoms with Crippen molar-refractivity contribution >= 4 is 16.9 Å². The van der Waals surface area contributed by atoms with E-state index in [1.54, 1.807) is 41.4 Å². The molecule has 5 nitrogen and oxygen atoms in total. The maximum absolute atomic E-state index is 13.8. The maximum atomic E-state index is 13.8. The van der Waals surface area contributed by atoms with Gasteiger partial charge in [0.25, 0.3) is 5.91 Å². The van der Waals surface area contributed by atoms with Crippen molar-refractivity contribution in [2.45, 2.75) is 56.9 Å². The van der Waals surface area contributed by atoms with Gasteiger partial charge in [0, 0.05) is 24.8 Å². The van der Waals surface area contributed by atoms with Crippen molar-refractivity contribution in [2.75, 3.05) is 6.54 Å². The van der Waals surface area contributed by atoms with Gasteiger partial charge in [-0.3, -0.25) is 15.1 Å². The second kappa shape index (κ2) is 9.32. The zero-order chi connectivity index (χ0) is 22.7. The van der Waals surface area contributed by atoms with E-state index in [2.05, 4.69) is 15.3 Å². The number of nitrogens with zero attached hydrogens (tertiary/aromatic N) is 2. The predicted octanol–water partition coefficient (Wildman–Crippen LogP) is 5.23. The van der Waals surface area contributed by atoms with E-state index in [1.165, 1.54) is 12.1 Å². The van der Waals surface area contributed by atoms with Gasteiger partial charge in [-0.25, -0.2) is 0 Å². The molecule has 2 N–H and O–H groups in total. The molecule has 0 aliphatic heterocycles. The molecule has 3 atom stereocenters. The van der Waals surface area contributed by atoms with E-state index >= 15 is 0 Å². The van der Waals surface area contributed by atoms with Gasteiger partial charge in [0.1, 0.15) is 11.7 Å². The van der Waals surface area contributed by atoms with E-state index in [0.29, 0.717) is 30.6 Å². The molecule has 2 aromatic heterocycles. The molecule has 1 fully saturated rings. The van der Waals surface area contributed by atoms with Crippen molar-refractivity contribution < 1.29 is 18.0 Å². The summed E-state index contributed by atoms with van der Waals surface area (Å²) < 4.78 is 41.4. The van der Waals surface area contributed by atoms with E-state index < -0.39 is 12.2 Å². The number of hydrogen-bond donors (Lipinski definition) is 2. The molecule has 1 aromatic carbocycles. The van der Waals surface area contributed by atoms with Crippen LogP contribution in [-0.4, -0.2) is 45.6 Å². The number of alkyl halides is 3. The quantitative estimate of drug-likeness (QED) is 0.547. The Morgan fingerprint density at radius 2 is 2.00 bits per heavy atom. The summed E-state index contributed by atoms with van der Waals surface area (Å²) in [5.41, 5.74) is 2.15. The lowest BCUT2D eigenvalue weighted by Crippen LogP contribution is -2.49. The van der Waals surface area contributed by atoms with Gasteiger partial charge in [0.15, 0.2) is 0 Å². The zero-order valence-electron chi connectivity index (χ0n) is 17.9. The molecular formula is C24H27F3N4O. The van der Waals surface area contributed by atoms with Gasteiger partial charge in [0.2, 0.25) is 0 Å². The Hall–Kier alpha value is -2.87. The molecule has 2 unspecified atom stereocenters. The van der Waals surface area contributed by atoms with Gasteiger partial charge in [-0.05, 0) is 56.4 Å². The van der Waals surface area contributed by atoms with Crippen molar-refractivity contribution in [3.05, 3.63) is 66.0 Å². The Balaban J connectivity index is 1.49. The van der Waals surface area contributed by atoms with E-state index in [4.69, 9.17) is 0 Å². The van der Waals surface area contributed by atoms with E-state index in [1.807, 2.05) is 13.0 Å². The Kier molecular flexibility index (Phi) is 6.50. The second-order valence-electron chi connectivity index (χ2n) is 8.28. The molecule has 1 aliphatic carbocycles. The van der Waals surface area contributed by atoms with Gasteiger partial charge in [-0.1, -0.05) is 30.3 Å². The van der Waals surface area contributed by atoms with Crippen LogP contribution in [-0.2, 0) is 0 Å². The van der Waals surface area contributed by atoms with Crippen LogP contribution in [0, 0.1) is 0 Å². The lowest BCUT2D eigenvalue weighted by atomic mass is 9.88. The summed E-state index contributed by atoms with van der Waals surface area (Å²) in [7, 11) is 0. The van der Waals surface area contributed by atoms with Crippen LogP contribution in [0.5, 0.6) is 0 Å². The molecule has 3 aromatic rings. The van der Waals surface area contributed by atoms with Crippen LogP contribution in [0.4, 0.5) is 13.2 Å². The SMILES string of the molecule is CCN(C(=O)c1cc2ncccc2[nH]1)[C@H]1CCCC(NC(c2ccccc2)C(F)(F)F)C1. The highest BCUT2D eigenvalue weighted by Crippen LogP contribution is 2.35. The number of halogens is 3. The second-order valence-corrected chi connectivity index (χ2v) is 8.28. The Morgan fingerprint density at radius 3 is 2.69 bits per heavy atom. The molecule has 170 valence electrons. The van der Waals surface area contributed by atoms with Crippen molar-refractivity contribution in [2.24, 2.45) is 0 Å². The summed E-state index contributed by atoms with van der Waals surface area (Å²) in [6, 6.07) is 11.1. The standard InChI is InChI=1S/C24H27F3N4O/c1-2-31(23(32)21-15-20-19(30-21)12-7-13-28-20)18-11-6-10-17(14-18)29-22(24(25,26)27)16-8-4-3-5-9-16/h3-5,7-9,12-13,15,17-18,22,29-30H,2,6,10-11,14H2,1H3/t17?,18-,22?/m0/s1. The molecule has 0 spiro atoms. The van der Waals surface area contributed by atoms with Crippen LogP contribution in [0.2, 0.25) is 0 Å². The number of fused-ring (bicyclic) bond motifs is 1. The highest BCUT2D eigenvalue weighted by molar-refractivity contribution is 5.97. The lowest BCUT2D eigenvalue weighted by molar-refractivity contribution is -0.160. The number of carbonyl (C=O) groups is 1. The van der Waals surface area contributed by atoms with Crippen LogP contribution >= 0.6 is 0 Å². The first-order valence-electron chi connectivity index (χ1n) is 11.0. The minimum atomic E-state index is -4.40. The molecule has 4 rings (SSSR count). The Bertz CT molecular complexity index is 1020. The topological polar surface area (TPSA) is 61.0 Å². The molecule has 32 heavy (non-hydrogen) atoms. The van der Waals surface area contributed by atoms with Crippen molar-refractivity contribution in [3.63, 3.8) is 0 Å². The minimum Gasteiger partial charge on any atom is -0.349 e. The molecule has 1 aliphatic rings. The summed E-state index contributed by atoms with van der Waals surface area (Å²) in [5.74, 6) is -0.147. The van der Waals surface area contributed by atoms with E-state index in [-0.39, 0.29) is 23.6 Å². The first kappa shape index (κ1) is 22.3. The number of hydrogen-bond acceptors (Lipinski definition) is 3. The van der Waals surface area contributed by atoms with Crippen LogP contribution in [0.25, 0.3) is 11.0 Å². The number of carbonyl (C=O) groups excluding carboxylic acids is 1. The molecular weight excluding hydrogens is 417 g/mol. The fourth-order valence-electron chi connectivity index (χ4n) is 4.65. The smallest absolute Gasteiger partial charge is 0.349 e. The van der Waals surface area contributed by atoms with E-state index in [9.17, 15) is 18.0 Å². The number of H-pyrrole nitrogens is 1. The minimum absolute atomic E-state index is 0.122. The first-order valence-corrected chi connectivity index (χ1v) is 11.0. The van der Waals surface area contributed by atoms with Gasteiger partial charge in [-0.15, -0.1) is 0 Å². The number of benzene rings is 1. The maximum Gasteiger partial charge on any atom is 0.407 e. The Morgan fingerprint density at radius 1 is 1.22 bits per heavy atom. The molecule has 0 saturated heterocycles. The van der Waals surface area contributed by atoms with Crippen LogP contribution in [0.15, 0.2) is 54.7 Å². The summed E-state index contributed by atoms with van der Waals surface area (Å²) in [6.45, 7) is 2.39. The lowest BCUT2D eigenvalue weighted by Gasteiger charge is -2.38. The average Bonchev–Trinajstić information content (AvgIpc) is 3.22. The molecule has 0 radical (unpaired) electrons.